The SMILES string of the molecule is CC(N)C(=O)NCCN1CCOCC1(C)C.Cl. The Morgan fingerprint density at radius 3 is 2.76 bits per heavy atom. The van der Waals surface area contributed by atoms with Crippen LogP contribution < -0.4 is 11.1 Å². The van der Waals surface area contributed by atoms with Gasteiger partial charge in [0.05, 0.1) is 19.3 Å². The van der Waals surface area contributed by atoms with E-state index >= 15 is 0 Å². The van der Waals surface area contributed by atoms with E-state index in [-0.39, 0.29) is 23.9 Å². The average Bonchev–Trinajstić information content (AvgIpc) is 2.19. The standard InChI is InChI=1S/C11H23N3O2.ClH/c1-9(12)10(15)13-4-5-14-6-7-16-8-11(14,2)3;/h9H,4-8,12H2,1-3H3,(H,13,15);1H. The van der Waals surface area contributed by atoms with Crippen LogP contribution in [0, 0.1) is 0 Å². The maximum atomic E-state index is 11.3. The Hall–Kier alpha value is -0.360. The molecule has 1 heterocycles. The molecule has 0 bridgehead atoms. The van der Waals surface area contributed by atoms with Gasteiger partial charge >= 0.3 is 0 Å². The van der Waals surface area contributed by atoms with E-state index < -0.39 is 6.04 Å². The van der Waals surface area contributed by atoms with Crippen LogP contribution in [0.1, 0.15) is 20.8 Å². The Morgan fingerprint density at radius 2 is 2.24 bits per heavy atom. The molecule has 102 valence electrons. The van der Waals surface area contributed by atoms with Gasteiger partial charge < -0.3 is 15.8 Å². The number of rotatable bonds is 4. The van der Waals surface area contributed by atoms with E-state index in [0.29, 0.717) is 6.54 Å². The van der Waals surface area contributed by atoms with Gasteiger partial charge in [-0.1, -0.05) is 0 Å². The number of halogens is 1. The number of carbonyl (C=O) groups is 1. The van der Waals surface area contributed by atoms with E-state index in [1.54, 1.807) is 6.92 Å². The van der Waals surface area contributed by atoms with Crippen LogP contribution in [0.3, 0.4) is 0 Å². The molecule has 1 atom stereocenters. The predicted molar refractivity (Wildman–Crippen MR) is 70.4 cm³/mol. The van der Waals surface area contributed by atoms with E-state index in [2.05, 4.69) is 24.1 Å². The van der Waals surface area contributed by atoms with Gasteiger partial charge in [0, 0.05) is 25.2 Å². The summed E-state index contributed by atoms with van der Waals surface area (Å²) in [6, 6.07) is -0.433. The Balaban J connectivity index is 0.00000256. The van der Waals surface area contributed by atoms with E-state index in [1.165, 1.54) is 0 Å². The molecular weight excluding hydrogens is 242 g/mol. The number of nitrogens with one attached hydrogen (secondary N) is 1. The second kappa shape index (κ2) is 7.16. The van der Waals surface area contributed by atoms with Crippen LogP contribution in [-0.4, -0.2) is 55.2 Å². The molecular formula is C11H24ClN3O2. The molecule has 0 spiro atoms. The van der Waals surface area contributed by atoms with Crippen molar-refractivity contribution in [1.29, 1.82) is 0 Å². The summed E-state index contributed by atoms with van der Waals surface area (Å²) in [6.07, 6.45) is 0. The number of amides is 1. The number of hydrogen-bond acceptors (Lipinski definition) is 4. The first kappa shape index (κ1) is 16.6. The second-order valence-electron chi connectivity index (χ2n) is 4.93. The number of hydrogen-bond donors (Lipinski definition) is 2. The van der Waals surface area contributed by atoms with Gasteiger partial charge in [0.1, 0.15) is 0 Å². The largest absolute Gasteiger partial charge is 0.378 e. The van der Waals surface area contributed by atoms with Gasteiger partial charge in [-0.05, 0) is 20.8 Å². The Kier molecular flexibility index (Phi) is 7.01. The van der Waals surface area contributed by atoms with Crippen molar-refractivity contribution in [3.05, 3.63) is 0 Å². The van der Waals surface area contributed by atoms with Crippen molar-refractivity contribution < 1.29 is 9.53 Å². The van der Waals surface area contributed by atoms with Crippen LogP contribution in [0.4, 0.5) is 0 Å². The van der Waals surface area contributed by atoms with Crippen molar-refractivity contribution in [3.8, 4) is 0 Å². The highest BCUT2D eigenvalue weighted by Crippen LogP contribution is 2.17. The number of morpholine rings is 1. The van der Waals surface area contributed by atoms with Crippen molar-refractivity contribution >= 4 is 18.3 Å². The summed E-state index contributed by atoms with van der Waals surface area (Å²) in [5.41, 5.74) is 5.52. The lowest BCUT2D eigenvalue weighted by Crippen LogP contribution is -2.55. The number of nitrogens with two attached hydrogens (primary N) is 1. The van der Waals surface area contributed by atoms with Gasteiger partial charge in [-0.3, -0.25) is 9.69 Å². The summed E-state index contributed by atoms with van der Waals surface area (Å²) in [5.74, 6) is -0.0916. The van der Waals surface area contributed by atoms with E-state index in [0.717, 1.165) is 26.3 Å². The topological polar surface area (TPSA) is 67.6 Å². The Bertz CT molecular complexity index is 247. The lowest BCUT2D eigenvalue weighted by molar-refractivity contribution is -0.122. The van der Waals surface area contributed by atoms with Crippen LogP contribution in [0.25, 0.3) is 0 Å². The van der Waals surface area contributed by atoms with Gasteiger partial charge in [-0.2, -0.15) is 0 Å². The molecule has 1 rings (SSSR count). The molecule has 5 nitrogen and oxygen atoms in total. The molecule has 1 unspecified atom stereocenters. The summed E-state index contributed by atoms with van der Waals surface area (Å²) < 4.78 is 5.43. The first-order valence-electron chi connectivity index (χ1n) is 5.79. The monoisotopic (exact) mass is 265 g/mol. The smallest absolute Gasteiger partial charge is 0.236 e. The number of ether oxygens (including phenoxy) is 1. The van der Waals surface area contributed by atoms with Crippen LogP contribution in [0.5, 0.6) is 0 Å². The zero-order valence-corrected chi connectivity index (χ0v) is 11.7. The van der Waals surface area contributed by atoms with Gasteiger partial charge in [0.2, 0.25) is 5.91 Å². The maximum absolute atomic E-state index is 11.3. The fourth-order valence-corrected chi connectivity index (χ4v) is 1.78. The lowest BCUT2D eigenvalue weighted by Gasteiger charge is -2.42. The molecule has 1 aliphatic heterocycles. The molecule has 17 heavy (non-hydrogen) atoms. The minimum atomic E-state index is -0.433. The van der Waals surface area contributed by atoms with Crippen molar-refractivity contribution in [1.82, 2.24) is 10.2 Å². The zero-order valence-electron chi connectivity index (χ0n) is 10.9. The highest BCUT2D eigenvalue weighted by Gasteiger charge is 2.29. The summed E-state index contributed by atoms with van der Waals surface area (Å²) in [4.78, 5) is 13.6. The number of carbonyl (C=O) groups excluding carboxylic acids is 1. The summed E-state index contributed by atoms with van der Waals surface area (Å²) in [5, 5.41) is 2.82. The summed E-state index contributed by atoms with van der Waals surface area (Å²) in [7, 11) is 0. The fraction of sp³-hybridized carbons (Fsp3) is 0.909. The van der Waals surface area contributed by atoms with Gasteiger partial charge in [-0.25, -0.2) is 0 Å². The highest BCUT2D eigenvalue weighted by molar-refractivity contribution is 5.85. The van der Waals surface area contributed by atoms with Crippen LogP contribution >= 0.6 is 12.4 Å². The van der Waals surface area contributed by atoms with E-state index in [1.807, 2.05) is 0 Å². The normalized spacial score (nSPS) is 21.4. The molecule has 6 heteroatoms. The lowest BCUT2D eigenvalue weighted by atomic mass is 10.0. The number of nitrogens with zero attached hydrogens (tertiary/aromatic N) is 1. The summed E-state index contributed by atoms with van der Waals surface area (Å²) in [6.45, 7) is 9.91. The third-order valence-corrected chi connectivity index (χ3v) is 2.91. The zero-order chi connectivity index (χ0) is 12.2. The molecule has 1 amide bonds. The molecule has 0 aliphatic carbocycles. The first-order chi connectivity index (χ1) is 7.43. The molecule has 0 aromatic rings. The quantitative estimate of drug-likeness (QED) is 0.750. The first-order valence-corrected chi connectivity index (χ1v) is 5.79. The molecule has 0 aromatic carbocycles. The predicted octanol–water partition coefficient (Wildman–Crippen LogP) is -0.0176. The van der Waals surface area contributed by atoms with Gasteiger partial charge in [-0.15, -0.1) is 12.4 Å². The Morgan fingerprint density at radius 1 is 1.59 bits per heavy atom. The van der Waals surface area contributed by atoms with Crippen molar-refractivity contribution in [2.75, 3.05) is 32.8 Å². The van der Waals surface area contributed by atoms with Crippen LogP contribution in [-0.2, 0) is 9.53 Å². The molecule has 1 aliphatic rings. The van der Waals surface area contributed by atoms with Crippen molar-refractivity contribution in [2.24, 2.45) is 5.73 Å². The van der Waals surface area contributed by atoms with Gasteiger partial charge in [0.15, 0.2) is 0 Å². The summed E-state index contributed by atoms with van der Waals surface area (Å²) >= 11 is 0. The minimum Gasteiger partial charge on any atom is -0.378 e. The minimum absolute atomic E-state index is 0. The van der Waals surface area contributed by atoms with E-state index in [4.69, 9.17) is 10.5 Å². The maximum Gasteiger partial charge on any atom is 0.236 e. The molecule has 0 aromatic heterocycles. The van der Waals surface area contributed by atoms with Crippen LogP contribution in [0.15, 0.2) is 0 Å². The van der Waals surface area contributed by atoms with Crippen molar-refractivity contribution in [3.63, 3.8) is 0 Å². The van der Waals surface area contributed by atoms with Crippen molar-refractivity contribution in [2.45, 2.75) is 32.4 Å². The highest BCUT2D eigenvalue weighted by atomic mass is 35.5. The molecule has 1 saturated heterocycles. The van der Waals surface area contributed by atoms with E-state index in [9.17, 15) is 4.79 Å². The average molecular weight is 266 g/mol. The fourth-order valence-electron chi connectivity index (χ4n) is 1.78. The van der Waals surface area contributed by atoms with Crippen LogP contribution in [0.2, 0.25) is 0 Å². The Labute approximate surface area is 109 Å². The third kappa shape index (κ3) is 5.21. The molecule has 0 saturated carbocycles. The molecule has 1 fully saturated rings. The molecule has 3 N–H and O–H groups in total. The third-order valence-electron chi connectivity index (χ3n) is 2.91. The van der Waals surface area contributed by atoms with Gasteiger partial charge in [0.25, 0.3) is 0 Å². The molecule has 0 radical (unpaired) electrons. The second-order valence-corrected chi connectivity index (χ2v) is 4.93.